The van der Waals surface area contributed by atoms with Gasteiger partial charge in [0.25, 0.3) is 0 Å². The average molecular weight is 253 g/mol. The molecule has 0 fully saturated rings. The number of halogens is 1. The van der Waals surface area contributed by atoms with Crippen molar-refractivity contribution < 1.29 is 0 Å². The Bertz CT molecular complexity index is 492. The molecule has 2 rings (SSSR count). The molecule has 1 N–H and O–H groups in total. The Labute approximate surface area is 106 Å². The second-order valence-corrected chi connectivity index (χ2v) is 4.99. The Morgan fingerprint density at radius 1 is 1.53 bits per heavy atom. The molecule has 2 heterocycles. The fraction of sp³-hybridized carbons (Fsp3) is 0.500. The minimum absolute atomic E-state index is 0.234. The first-order valence-electron chi connectivity index (χ1n) is 5.86. The lowest BCUT2D eigenvalue weighted by Gasteiger charge is -2.07. The molecule has 0 saturated heterocycles. The molecule has 0 radical (unpaired) electrons. The SMILES string of the molecule is Cc1cc2c(NCCCC(C)Cl)nccn2n1. The van der Waals surface area contributed by atoms with Crippen LogP contribution in [0, 0.1) is 6.92 Å². The van der Waals surface area contributed by atoms with E-state index in [1.165, 1.54) is 0 Å². The van der Waals surface area contributed by atoms with Crippen LogP contribution in [-0.2, 0) is 0 Å². The molecule has 1 unspecified atom stereocenters. The lowest BCUT2D eigenvalue weighted by atomic mass is 10.2. The maximum Gasteiger partial charge on any atom is 0.152 e. The van der Waals surface area contributed by atoms with Crippen LogP contribution in [0.25, 0.3) is 5.52 Å². The quantitative estimate of drug-likeness (QED) is 0.657. The Morgan fingerprint density at radius 3 is 3.12 bits per heavy atom. The number of anilines is 1. The summed E-state index contributed by atoms with van der Waals surface area (Å²) in [5, 5.41) is 7.91. The molecule has 0 saturated carbocycles. The number of fused-ring (bicyclic) bond motifs is 1. The van der Waals surface area contributed by atoms with Crippen LogP contribution in [0.5, 0.6) is 0 Å². The number of nitrogens with zero attached hydrogens (tertiary/aromatic N) is 3. The predicted octanol–water partition coefficient (Wildman–Crippen LogP) is 2.86. The van der Waals surface area contributed by atoms with Crippen LogP contribution in [0.1, 0.15) is 25.5 Å². The molecule has 2 aromatic rings. The van der Waals surface area contributed by atoms with Crippen molar-refractivity contribution in [1.82, 2.24) is 14.6 Å². The van der Waals surface area contributed by atoms with Gasteiger partial charge in [-0.2, -0.15) is 5.10 Å². The summed E-state index contributed by atoms with van der Waals surface area (Å²) < 4.78 is 1.84. The van der Waals surface area contributed by atoms with E-state index >= 15 is 0 Å². The van der Waals surface area contributed by atoms with E-state index in [0.717, 1.165) is 36.4 Å². The van der Waals surface area contributed by atoms with Gasteiger partial charge in [-0.3, -0.25) is 0 Å². The van der Waals surface area contributed by atoms with E-state index in [0.29, 0.717) is 0 Å². The number of aromatic nitrogens is 3. The molecule has 0 aliphatic rings. The van der Waals surface area contributed by atoms with Crippen LogP contribution >= 0.6 is 11.6 Å². The molecule has 0 aliphatic carbocycles. The van der Waals surface area contributed by atoms with Gasteiger partial charge in [-0.25, -0.2) is 9.50 Å². The first-order valence-corrected chi connectivity index (χ1v) is 6.29. The van der Waals surface area contributed by atoms with Crippen molar-refractivity contribution in [2.24, 2.45) is 0 Å². The van der Waals surface area contributed by atoms with E-state index in [-0.39, 0.29) is 5.38 Å². The number of nitrogens with one attached hydrogen (secondary N) is 1. The van der Waals surface area contributed by atoms with Gasteiger partial charge in [0.05, 0.1) is 5.69 Å². The Kier molecular flexibility index (Phi) is 3.84. The lowest BCUT2D eigenvalue weighted by molar-refractivity contribution is 0.749. The number of hydrogen-bond acceptors (Lipinski definition) is 3. The number of aryl methyl sites for hydroxylation is 1. The highest BCUT2D eigenvalue weighted by Crippen LogP contribution is 2.14. The Hall–Kier alpha value is -1.29. The summed E-state index contributed by atoms with van der Waals surface area (Å²) in [6, 6.07) is 2.03. The highest BCUT2D eigenvalue weighted by molar-refractivity contribution is 6.20. The van der Waals surface area contributed by atoms with Crippen LogP contribution in [0.15, 0.2) is 18.5 Å². The standard InChI is InChI=1S/C12H17ClN4/c1-9(13)4-3-5-14-12-11-8-10(2)16-17(11)7-6-15-12/h6-9H,3-5H2,1-2H3,(H,14,15). The summed E-state index contributed by atoms with van der Waals surface area (Å²) in [4.78, 5) is 4.33. The van der Waals surface area contributed by atoms with Crippen molar-refractivity contribution in [3.63, 3.8) is 0 Å². The predicted molar refractivity (Wildman–Crippen MR) is 70.8 cm³/mol. The third-order valence-electron chi connectivity index (χ3n) is 2.58. The third-order valence-corrected chi connectivity index (χ3v) is 2.80. The van der Waals surface area contributed by atoms with Gasteiger partial charge in [0.1, 0.15) is 5.52 Å². The first kappa shape index (κ1) is 12.2. The van der Waals surface area contributed by atoms with Gasteiger partial charge in [-0.05, 0) is 32.8 Å². The molecule has 0 spiro atoms. The molecular formula is C12H17ClN4. The molecule has 5 heteroatoms. The minimum Gasteiger partial charge on any atom is -0.368 e. The lowest BCUT2D eigenvalue weighted by Crippen LogP contribution is -2.06. The third kappa shape index (κ3) is 3.09. The van der Waals surface area contributed by atoms with Gasteiger partial charge in [0.15, 0.2) is 5.82 Å². The van der Waals surface area contributed by atoms with Gasteiger partial charge in [0, 0.05) is 24.3 Å². The topological polar surface area (TPSA) is 42.2 Å². The first-order chi connectivity index (χ1) is 8.16. The van der Waals surface area contributed by atoms with Crippen LogP contribution in [-0.4, -0.2) is 26.5 Å². The number of alkyl halides is 1. The second kappa shape index (κ2) is 5.36. The van der Waals surface area contributed by atoms with Gasteiger partial charge >= 0.3 is 0 Å². The summed E-state index contributed by atoms with van der Waals surface area (Å²) in [7, 11) is 0. The fourth-order valence-corrected chi connectivity index (χ4v) is 1.92. The van der Waals surface area contributed by atoms with Gasteiger partial charge in [-0.15, -0.1) is 11.6 Å². The molecule has 0 bridgehead atoms. The van der Waals surface area contributed by atoms with E-state index in [9.17, 15) is 0 Å². The highest BCUT2D eigenvalue weighted by atomic mass is 35.5. The summed E-state index contributed by atoms with van der Waals surface area (Å²) in [5.41, 5.74) is 2.01. The van der Waals surface area contributed by atoms with E-state index in [2.05, 4.69) is 15.4 Å². The van der Waals surface area contributed by atoms with E-state index in [4.69, 9.17) is 11.6 Å². The van der Waals surface area contributed by atoms with Gasteiger partial charge in [-0.1, -0.05) is 0 Å². The number of rotatable bonds is 5. The maximum atomic E-state index is 5.90. The molecule has 1 atom stereocenters. The summed E-state index contributed by atoms with van der Waals surface area (Å²) in [5.74, 6) is 0.885. The monoisotopic (exact) mass is 252 g/mol. The van der Waals surface area contributed by atoms with Crippen molar-refractivity contribution in [2.45, 2.75) is 32.1 Å². The smallest absolute Gasteiger partial charge is 0.152 e. The zero-order chi connectivity index (χ0) is 12.3. The average Bonchev–Trinajstić information content (AvgIpc) is 2.65. The summed E-state index contributed by atoms with van der Waals surface area (Å²) >= 11 is 5.90. The van der Waals surface area contributed by atoms with E-state index in [1.54, 1.807) is 6.20 Å². The summed E-state index contributed by atoms with van der Waals surface area (Å²) in [6.07, 6.45) is 5.66. The molecule has 17 heavy (non-hydrogen) atoms. The number of hydrogen-bond donors (Lipinski definition) is 1. The van der Waals surface area contributed by atoms with Crippen molar-refractivity contribution >= 4 is 22.9 Å². The molecule has 2 aromatic heterocycles. The molecule has 92 valence electrons. The zero-order valence-corrected chi connectivity index (χ0v) is 10.9. The molecule has 0 amide bonds. The van der Waals surface area contributed by atoms with Crippen molar-refractivity contribution in [2.75, 3.05) is 11.9 Å². The van der Waals surface area contributed by atoms with Crippen molar-refractivity contribution in [3.8, 4) is 0 Å². The van der Waals surface area contributed by atoms with Gasteiger partial charge in [0.2, 0.25) is 0 Å². The van der Waals surface area contributed by atoms with Crippen molar-refractivity contribution in [3.05, 3.63) is 24.2 Å². The maximum absolute atomic E-state index is 5.90. The molecule has 0 aliphatic heterocycles. The molecule has 0 aromatic carbocycles. The van der Waals surface area contributed by atoms with Crippen LogP contribution in [0.2, 0.25) is 0 Å². The Morgan fingerprint density at radius 2 is 2.35 bits per heavy atom. The summed E-state index contributed by atoms with van der Waals surface area (Å²) in [6.45, 7) is 4.88. The largest absolute Gasteiger partial charge is 0.368 e. The second-order valence-electron chi connectivity index (χ2n) is 4.24. The normalized spacial score (nSPS) is 12.9. The van der Waals surface area contributed by atoms with Gasteiger partial charge < -0.3 is 5.32 Å². The molecular weight excluding hydrogens is 236 g/mol. The van der Waals surface area contributed by atoms with Crippen LogP contribution in [0.3, 0.4) is 0 Å². The van der Waals surface area contributed by atoms with E-state index < -0.39 is 0 Å². The zero-order valence-electron chi connectivity index (χ0n) is 10.2. The van der Waals surface area contributed by atoms with Crippen LogP contribution < -0.4 is 5.32 Å². The fourth-order valence-electron chi connectivity index (χ4n) is 1.77. The van der Waals surface area contributed by atoms with E-state index in [1.807, 2.05) is 30.6 Å². The van der Waals surface area contributed by atoms with Crippen LogP contribution in [0.4, 0.5) is 5.82 Å². The van der Waals surface area contributed by atoms with Crippen molar-refractivity contribution in [1.29, 1.82) is 0 Å². The minimum atomic E-state index is 0.234. The Balaban J connectivity index is 2.03. The highest BCUT2D eigenvalue weighted by Gasteiger charge is 2.04. The molecule has 4 nitrogen and oxygen atoms in total.